The quantitative estimate of drug-likeness (QED) is 0.703. The highest BCUT2D eigenvalue weighted by atomic mass is 35.5. The third-order valence-corrected chi connectivity index (χ3v) is 1.86. The molecule has 0 saturated heterocycles. The van der Waals surface area contributed by atoms with E-state index in [1.54, 1.807) is 6.92 Å². The molecule has 0 saturated carbocycles. The molecule has 0 unspecified atom stereocenters. The SMILES string of the molecule is C=C(C)c1ncc(C(F)(F)F)cc1Cl. The fraction of sp³-hybridized carbons (Fsp3) is 0.222. The Morgan fingerprint density at radius 2 is 2.07 bits per heavy atom. The Labute approximate surface area is 84.2 Å². The van der Waals surface area contributed by atoms with E-state index in [1.165, 1.54) is 0 Å². The van der Waals surface area contributed by atoms with Gasteiger partial charge in [-0.05, 0) is 18.6 Å². The Balaban J connectivity index is 3.20. The second kappa shape index (κ2) is 3.61. The van der Waals surface area contributed by atoms with Gasteiger partial charge in [-0.1, -0.05) is 18.2 Å². The van der Waals surface area contributed by atoms with Crippen molar-refractivity contribution >= 4 is 17.2 Å². The first-order chi connectivity index (χ1) is 6.32. The van der Waals surface area contributed by atoms with Crippen molar-refractivity contribution in [1.82, 2.24) is 4.98 Å². The summed E-state index contributed by atoms with van der Waals surface area (Å²) in [6.45, 7) is 5.18. The summed E-state index contributed by atoms with van der Waals surface area (Å²) in [5.41, 5.74) is -0.0316. The van der Waals surface area contributed by atoms with Crippen LogP contribution in [0, 0.1) is 0 Å². The Morgan fingerprint density at radius 1 is 1.50 bits per heavy atom. The second-order valence-corrected chi connectivity index (χ2v) is 3.24. The number of halogens is 4. The molecule has 1 aromatic rings. The molecule has 0 fully saturated rings. The molecule has 0 bridgehead atoms. The minimum Gasteiger partial charge on any atom is -0.254 e. The van der Waals surface area contributed by atoms with E-state index in [-0.39, 0.29) is 5.02 Å². The molecule has 1 nitrogen and oxygen atoms in total. The molecule has 0 spiro atoms. The first-order valence-electron chi connectivity index (χ1n) is 3.71. The first kappa shape index (κ1) is 11.0. The predicted octanol–water partition coefficient (Wildman–Crippen LogP) is 3.79. The lowest BCUT2D eigenvalue weighted by Gasteiger charge is -2.08. The van der Waals surface area contributed by atoms with E-state index in [4.69, 9.17) is 11.6 Å². The topological polar surface area (TPSA) is 12.9 Å². The highest BCUT2D eigenvalue weighted by Gasteiger charge is 2.31. The van der Waals surface area contributed by atoms with Gasteiger partial charge in [0.1, 0.15) is 0 Å². The fourth-order valence-electron chi connectivity index (χ4n) is 0.907. The van der Waals surface area contributed by atoms with Gasteiger partial charge in [0.15, 0.2) is 0 Å². The van der Waals surface area contributed by atoms with Crippen molar-refractivity contribution < 1.29 is 13.2 Å². The van der Waals surface area contributed by atoms with Gasteiger partial charge in [-0.15, -0.1) is 0 Å². The van der Waals surface area contributed by atoms with Crippen LogP contribution in [0.1, 0.15) is 18.2 Å². The maximum absolute atomic E-state index is 12.2. The minimum atomic E-state index is -4.41. The first-order valence-corrected chi connectivity index (χ1v) is 4.09. The molecule has 5 heteroatoms. The summed E-state index contributed by atoms with van der Waals surface area (Å²) in [5, 5.41) is -0.0349. The monoisotopic (exact) mass is 221 g/mol. The lowest BCUT2D eigenvalue weighted by molar-refractivity contribution is -0.137. The van der Waals surface area contributed by atoms with Gasteiger partial charge in [0.2, 0.25) is 0 Å². The molecule has 1 heterocycles. The van der Waals surface area contributed by atoms with Gasteiger partial charge in [0, 0.05) is 6.20 Å². The van der Waals surface area contributed by atoms with E-state index < -0.39 is 11.7 Å². The van der Waals surface area contributed by atoms with Crippen LogP contribution in [0.15, 0.2) is 18.8 Å². The van der Waals surface area contributed by atoms with Crippen molar-refractivity contribution in [2.75, 3.05) is 0 Å². The molecular weight excluding hydrogens is 215 g/mol. The van der Waals surface area contributed by atoms with Crippen LogP contribution in [-0.4, -0.2) is 4.98 Å². The summed E-state index contributed by atoms with van der Waals surface area (Å²) < 4.78 is 36.5. The van der Waals surface area contributed by atoms with E-state index in [2.05, 4.69) is 11.6 Å². The van der Waals surface area contributed by atoms with E-state index in [1.807, 2.05) is 0 Å². The van der Waals surface area contributed by atoms with Gasteiger partial charge in [-0.3, -0.25) is 4.98 Å². The molecule has 1 aromatic heterocycles. The largest absolute Gasteiger partial charge is 0.417 e. The van der Waals surface area contributed by atoms with Crippen molar-refractivity contribution in [3.8, 4) is 0 Å². The lowest BCUT2D eigenvalue weighted by atomic mass is 10.2. The van der Waals surface area contributed by atoms with Crippen molar-refractivity contribution in [3.05, 3.63) is 35.1 Å². The summed E-state index contributed by atoms with van der Waals surface area (Å²) in [7, 11) is 0. The van der Waals surface area contributed by atoms with Crippen LogP contribution in [0.3, 0.4) is 0 Å². The summed E-state index contributed by atoms with van der Waals surface area (Å²) in [5.74, 6) is 0. The standard InChI is InChI=1S/C9H7ClF3N/c1-5(2)8-7(10)3-6(4-14-8)9(11,12)13/h3-4H,1H2,2H3. The highest BCUT2D eigenvalue weighted by Crippen LogP contribution is 2.32. The van der Waals surface area contributed by atoms with Gasteiger partial charge >= 0.3 is 6.18 Å². The summed E-state index contributed by atoms with van der Waals surface area (Å²) in [4.78, 5) is 3.59. The van der Waals surface area contributed by atoms with Crippen molar-refractivity contribution in [3.63, 3.8) is 0 Å². The van der Waals surface area contributed by atoms with E-state index in [9.17, 15) is 13.2 Å². The third kappa shape index (κ3) is 2.26. The molecule has 0 aromatic carbocycles. The van der Waals surface area contributed by atoms with Crippen molar-refractivity contribution in [1.29, 1.82) is 0 Å². The van der Waals surface area contributed by atoms with E-state index in [0.717, 1.165) is 12.3 Å². The molecule has 0 radical (unpaired) electrons. The van der Waals surface area contributed by atoms with Gasteiger partial charge in [-0.2, -0.15) is 13.2 Å². The molecular formula is C9H7ClF3N. The third-order valence-electron chi connectivity index (χ3n) is 1.57. The average molecular weight is 222 g/mol. The molecule has 14 heavy (non-hydrogen) atoms. The Morgan fingerprint density at radius 3 is 2.43 bits per heavy atom. The van der Waals surface area contributed by atoms with Crippen LogP contribution in [0.4, 0.5) is 13.2 Å². The highest BCUT2D eigenvalue weighted by molar-refractivity contribution is 6.32. The Hall–Kier alpha value is -1.03. The van der Waals surface area contributed by atoms with E-state index >= 15 is 0 Å². The summed E-state index contributed by atoms with van der Waals surface area (Å²) in [6.07, 6.45) is -3.67. The maximum Gasteiger partial charge on any atom is 0.417 e. The molecule has 0 N–H and O–H groups in total. The number of hydrogen-bond donors (Lipinski definition) is 0. The Bertz CT molecular complexity index is 371. The van der Waals surface area contributed by atoms with Gasteiger partial charge < -0.3 is 0 Å². The maximum atomic E-state index is 12.2. The van der Waals surface area contributed by atoms with Crippen LogP contribution in [0.2, 0.25) is 5.02 Å². The second-order valence-electron chi connectivity index (χ2n) is 2.83. The van der Waals surface area contributed by atoms with Gasteiger partial charge in [0.25, 0.3) is 0 Å². The number of pyridine rings is 1. The minimum absolute atomic E-state index is 0.0349. The number of alkyl halides is 3. The average Bonchev–Trinajstić information content (AvgIpc) is 2.01. The summed E-state index contributed by atoms with van der Waals surface area (Å²) in [6, 6.07) is 0.846. The molecule has 0 aliphatic carbocycles. The number of hydrogen-bond acceptors (Lipinski definition) is 1. The number of rotatable bonds is 1. The lowest BCUT2D eigenvalue weighted by Crippen LogP contribution is -2.06. The molecule has 0 aliphatic heterocycles. The van der Waals surface area contributed by atoms with Crippen LogP contribution in [0.25, 0.3) is 5.57 Å². The zero-order chi connectivity index (χ0) is 10.9. The van der Waals surface area contributed by atoms with Crippen LogP contribution in [0.5, 0.6) is 0 Å². The van der Waals surface area contributed by atoms with Gasteiger partial charge in [-0.25, -0.2) is 0 Å². The molecule has 1 rings (SSSR count). The summed E-state index contributed by atoms with van der Waals surface area (Å²) >= 11 is 5.61. The van der Waals surface area contributed by atoms with Crippen LogP contribution in [-0.2, 0) is 6.18 Å². The van der Waals surface area contributed by atoms with E-state index in [0.29, 0.717) is 11.3 Å². The smallest absolute Gasteiger partial charge is 0.254 e. The normalized spacial score (nSPS) is 11.5. The molecule has 76 valence electrons. The van der Waals surface area contributed by atoms with Gasteiger partial charge in [0.05, 0.1) is 16.3 Å². The Kier molecular flexibility index (Phi) is 2.85. The molecule has 0 atom stereocenters. The van der Waals surface area contributed by atoms with Crippen LogP contribution < -0.4 is 0 Å². The van der Waals surface area contributed by atoms with Crippen molar-refractivity contribution in [2.45, 2.75) is 13.1 Å². The number of nitrogens with zero attached hydrogens (tertiary/aromatic N) is 1. The molecule has 0 amide bonds. The zero-order valence-corrected chi connectivity index (χ0v) is 8.08. The number of allylic oxidation sites excluding steroid dienone is 1. The zero-order valence-electron chi connectivity index (χ0n) is 7.32. The molecule has 0 aliphatic rings. The fourth-order valence-corrected chi connectivity index (χ4v) is 1.23. The van der Waals surface area contributed by atoms with Crippen LogP contribution >= 0.6 is 11.6 Å². The van der Waals surface area contributed by atoms with Crippen molar-refractivity contribution in [2.24, 2.45) is 0 Å². The number of aromatic nitrogens is 1. The predicted molar refractivity (Wildman–Crippen MR) is 49.0 cm³/mol.